The van der Waals surface area contributed by atoms with Crippen molar-refractivity contribution in [3.05, 3.63) is 41.7 Å². The lowest BCUT2D eigenvalue weighted by Gasteiger charge is -2.29. The Labute approximate surface area is 135 Å². The zero-order valence-electron chi connectivity index (χ0n) is 13.5. The summed E-state index contributed by atoms with van der Waals surface area (Å²) < 4.78 is 5.76. The number of rotatable bonds is 1. The van der Waals surface area contributed by atoms with Gasteiger partial charge in [-0.05, 0) is 49.4 Å². The van der Waals surface area contributed by atoms with Gasteiger partial charge in [0.1, 0.15) is 0 Å². The molecule has 1 aromatic carbocycles. The van der Waals surface area contributed by atoms with Crippen molar-refractivity contribution in [2.75, 3.05) is 13.1 Å². The van der Waals surface area contributed by atoms with E-state index >= 15 is 0 Å². The molecule has 0 radical (unpaired) electrons. The predicted molar refractivity (Wildman–Crippen MR) is 90.6 cm³/mol. The van der Waals surface area contributed by atoms with Crippen LogP contribution in [-0.2, 0) is 0 Å². The summed E-state index contributed by atoms with van der Waals surface area (Å²) in [6.45, 7) is 5.90. The highest BCUT2D eigenvalue weighted by atomic mass is 16.4. The van der Waals surface area contributed by atoms with Crippen LogP contribution in [-0.4, -0.2) is 28.9 Å². The summed E-state index contributed by atoms with van der Waals surface area (Å²) in [6.07, 6.45) is 2.13. The smallest absolute Gasteiger partial charge is 0.289 e. The minimum absolute atomic E-state index is 0.0184. The summed E-state index contributed by atoms with van der Waals surface area (Å²) in [7, 11) is 0. The average Bonchev–Trinajstić information content (AvgIpc) is 2.95. The van der Waals surface area contributed by atoms with Gasteiger partial charge in [-0.25, -0.2) is 4.98 Å². The first-order chi connectivity index (χ1) is 11.1. The van der Waals surface area contributed by atoms with Gasteiger partial charge >= 0.3 is 0 Å². The summed E-state index contributed by atoms with van der Waals surface area (Å²) >= 11 is 0. The van der Waals surface area contributed by atoms with Crippen molar-refractivity contribution in [1.29, 1.82) is 0 Å². The molecule has 0 spiro atoms. The number of hydrogen-bond donors (Lipinski definition) is 0. The van der Waals surface area contributed by atoms with Crippen molar-refractivity contribution in [3.63, 3.8) is 0 Å². The summed E-state index contributed by atoms with van der Waals surface area (Å²) in [4.78, 5) is 19.1. The van der Waals surface area contributed by atoms with Crippen molar-refractivity contribution >= 4 is 27.9 Å². The van der Waals surface area contributed by atoms with Crippen LogP contribution in [0.25, 0.3) is 22.0 Å². The minimum atomic E-state index is -0.0184. The Hall–Kier alpha value is -2.36. The molecule has 3 aromatic rings. The Morgan fingerprint density at radius 2 is 1.96 bits per heavy atom. The molecule has 2 aromatic heterocycles. The fourth-order valence-corrected chi connectivity index (χ4v) is 3.21. The number of amides is 1. The molecule has 4 heteroatoms. The van der Waals surface area contributed by atoms with Crippen molar-refractivity contribution in [2.24, 2.45) is 5.92 Å². The number of hydrogen-bond acceptors (Lipinski definition) is 3. The molecule has 0 unspecified atom stereocenters. The van der Waals surface area contributed by atoms with E-state index in [1.54, 1.807) is 0 Å². The molecule has 1 saturated heterocycles. The van der Waals surface area contributed by atoms with Crippen LogP contribution in [0.4, 0.5) is 0 Å². The number of pyridine rings is 1. The lowest BCUT2D eigenvalue weighted by molar-refractivity contribution is 0.0667. The molecule has 23 heavy (non-hydrogen) atoms. The first-order valence-corrected chi connectivity index (χ1v) is 8.20. The third-order valence-corrected chi connectivity index (χ3v) is 4.74. The van der Waals surface area contributed by atoms with E-state index in [9.17, 15) is 4.79 Å². The highest BCUT2D eigenvalue weighted by Crippen LogP contribution is 2.25. The van der Waals surface area contributed by atoms with Crippen molar-refractivity contribution in [1.82, 2.24) is 9.88 Å². The van der Waals surface area contributed by atoms with Crippen LogP contribution in [0, 0.1) is 12.8 Å². The van der Waals surface area contributed by atoms with Gasteiger partial charge in [-0.1, -0.05) is 19.1 Å². The number of carbonyl (C=O) groups is 1. The number of nitrogens with zero attached hydrogens (tertiary/aromatic N) is 2. The fourth-order valence-electron chi connectivity index (χ4n) is 3.21. The molecule has 1 fully saturated rings. The first-order valence-electron chi connectivity index (χ1n) is 8.20. The first kappa shape index (κ1) is 14.2. The van der Waals surface area contributed by atoms with Crippen LogP contribution in [0.5, 0.6) is 0 Å². The van der Waals surface area contributed by atoms with Crippen LogP contribution in [0.1, 0.15) is 35.9 Å². The van der Waals surface area contributed by atoms with E-state index < -0.39 is 0 Å². The molecular weight excluding hydrogens is 288 g/mol. The van der Waals surface area contributed by atoms with E-state index in [0.29, 0.717) is 17.4 Å². The van der Waals surface area contributed by atoms with Gasteiger partial charge in [0.25, 0.3) is 5.91 Å². The second-order valence-corrected chi connectivity index (χ2v) is 6.66. The third kappa shape index (κ3) is 2.58. The summed E-state index contributed by atoms with van der Waals surface area (Å²) in [5.41, 5.74) is 2.60. The molecule has 1 amide bonds. The monoisotopic (exact) mass is 308 g/mol. The Bertz CT molecular complexity index is 889. The average molecular weight is 308 g/mol. The summed E-state index contributed by atoms with van der Waals surface area (Å²) in [5, 5.41) is 1.95. The molecule has 0 bridgehead atoms. The molecule has 3 heterocycles. The topological polar surface area (TPSA) is 46.3 Å². The number of fused-ring (bicyclic) bond motifs is 2. The van der Waals surface area contributed by atoms with Gasteiger partial charge in [-0.15, -0.1) is 0 Å². The number of aromatic nitrogens is 1. The number of aryl methyl sites for hydroxylation is 1. The van der Waals surface area contributed by atoms with Gasteiger partial charge in [0.15, 0.2) is 5.76 Å². The number of likely N-dealkylation sites (tertiary alicyclic amines) is 1. The van der Waals surface area contributed by atoms with E-state index in [-0.39, 0.29) is 5.91 Å². The number of carbonyl (C=O) groups excluding carboxylic acids is 1. The Morgan fingerprint density at radius 1 is 1.17 bits per heavy atom. The standard InChI is InChI=1S/C19H20N2O2/c1-12-5-7-21(8-6-12)19(22)17-11-15-10-14-4-3-13(2)9-16(14)20-18(15)23-17/h3-4,9-12H,5-8H2,1-2H3. The Morgan fingerprint density at radius 3 is 2.74 bits per heavy atom. The maximum absolute atomic E-state index is 12.6. The maximum Gasteiger partial charge on any atom is 0.289 e. The van der Waals surface area contributed by atoms with Gasteiger partial charge in [-0.2, -0.15) is 0 Å². The second kappa shape index (κ2) is 5.37. The Balaban J connectivity index is 1.70. The third-order valence-electron chi connectivity index (χ3n) is 4.74. The van der Waals surface area contributed by atoms with Gasteiger partial charge in [0.2, 0.25) is 5.71 Å². The molecule has 1 aliphatic heterocycles. The highest BCUT2D eigenvalue weighted by Gasteiger charge is 2.24. The summed E-state index contributed by atoms with van der Waals surface area (Å²) in [6, 6.07) is 10.0. The SMILES string of the molecule is Cc1ccc2cc3cc(C(=O)N4CCC(C)CC4)oc3nc2c1. The molecule has 0 N–H and O–H groups in total. The van der Waals surface area contributed by atoms with E-state index in [4.69, 9.17) is 4.42 Å². The summed E-state index contributed by atoms with van der Waals surface area (Å²) in [5.74, 6) is 1.08. The van der Waals surface area contributed by atoms with Crippen LogP contribution in [0.15, 0.2) is 34.7 Å². The molecular formula is C19H20N2O2. The largest absolute Gasteiger partial charge is 0.433 e. The minimum Gasteiger partial charge on any atom is -0.433 e. The number of benzene rings is 1. The van der Waals surface area contributed by atoms with E-state index in [1.807, 2.05) is 30.0 Å². The Kier molecular flexibility index (Phi) is 3.33. The zero-order chi connectivity index (χ0) is 16.0. The van der Waals surface area contributed by atoms with E-state index in [0.717, 1.165) is 47.8 Å². The van der Waals surface area contributed by atoms with Gasteiger partial charge in [-0.3, -0.25) is 4.79 Å². The van der Waals surface area contributed by atoms with Crippen LogP contribution in [0.3, 0.4) is 0 Å². The number of piperidine rings is 1. The van der Waals surface area contributed by atoms with Crippen LogP contribution < -0.4 is 0 Å². The quantitative estimate of drug-likeness (QED) is 0.678. The molecule has 0 aliphatic carbocycles. The zero-order valence-corrected chi connectivity index (χ0v) is 13.5. The van der Waals surface area contributed by atoms with Gasteiger partial charge < -0.3 is 9.32 Å². The maximum atomic E-state index is 12.6. The lowest BCUT2D eigenvalue weighted by atomic mass is 9.99. The van der Waals surface area contributed by atoms with Crippen molar-refractivity contribution in [2.45, 2.75) is 26.7 Å². The fraction of sp³-hybridized carbons (Fsp3) is 0.368. The van der Waals surface area contributed by atoms with Crippen LogP contribution in [0.2, 0.25) is 0 Å². The lowest BCUT2D eigenvalue weighted by Crippen LogP contribution is -2.37. The molecule has 4 rings (SSSR count). The highest BCUT2D eigenvalue weighted by molar-refractivity contribution is 5.98. The van der Waals surface area contributed by atoms with Crippen molar-refractivity contribution in [3.8, 4) is 0 Å². The van der Waals surface area contributed by atoms with E-state index in [1.165, 1.54) is 0 Å². The molecule has 0 atom stereocenters. The molecule has 0 saturated carbocycles. The predicted octanol–water partition coefficient (Wildman–Crippen LogP) is 4.16. The molecule has 1 aliphatic rings. The molecule has 118 valence electrons. The molecule has 4 nitrogen and oxygen atoms in total. The van der Waals surface area contributed by atoms with Crippen LogP contribution >= 0.6 is 0 Å². The van der Waals surface area contributed by atoms with E-state index in [2.05, 4.69) is 24.0 Å². The number of furan rings is 1. The van der Waals surface area contributed by atoms with Crippen molar-refractivity contribution < 1.29 is 9.21 Å². The van der Waals surface area contributed by atoms with Gasteiger partial charge in [0, 0.05) is 23.9 Å². The van der Waals surface area contributed by atoms with Gasteiger partial charge in [0.05, 0.1) is 5.52 Å². The second-order valence-electron chi connectivity index (χ2n) is 6.66. The normalized spacial score (nSPS) is 16.3.